The Morgan fingerprint density at radius 2 is 1.81 bits per heavy atom. The number of aromatic nitrogens is 3. The van der Waals surface area contributed by atoms with Gasteiger partial charge < -0.3 is 14.5 Å². The molecule has 4 heterocycles. The second-order valence-corrected chi connectivity index (χ2v) is 8.67. The van der Waals surface area contributed by atoms with Crippen LogP contribution in [0.2, 0.25) is 0 Å². The van der Waals surface area contributed by atoms with E-state index in [2.05, 4.69) is 34.4 Å². The second kappa shape index (κ2) is 10.3. The highest BCUT2D eigenvalue weighted by Crippen LogP contribution is 2.35. The van der Waals surface area contributed by atoms with Gasteiger partial charge in [0.1, 0.15) is 11.6 Å². The van der Waals surface area contributed by atoms with E-state index in [0.29, 0.717) is 51.2 Å². The van der Waals surface area contributed by atoms with E-state index >= 15 is 0 Å². The maximum absolute atomic E-state index is 13.5. The van der Waals surface area contributed by atoms with E-state index in [4.69, 9.17) is 14.7 Å². The molecule has 0 atom stereocenters. The third kappa shape index (κ3) is 5.21. The van der Waals surface area contributed by atoms with Gasteiger partial charge in [0.15, 0.2) is 0 Å². The first-order valence-corrected chi connectivity index (χ1v) is 12.0. The monoisotopic (exact) mass is 499 g/mol. The van der Waals surface area contributed by atoms with Crippen molar-refractivity contribution in [1.29, 1.82) is 0 Å². The Bertz CT molecular complexity index is 1190. The average molecular weight is 500 g/mol. The van der Waals surface area contributed by atoms with Crippen molar-refractivity contribution < 1.29 is 17.9 Å². The van der Waals surface area contributed by atoms with Crippen LogP contribution < -0.4 is 20.2 Å². The Morgan fingerprint density at radius 3 is 2.53 bits per heavy atom. The Kier molecular flexibility index (Phi) is 6.92. The van der Waals surface area contributed by atoms with Crippen LogP contribution in [0.1, 0.15) is 18.1 Å². The third-order valence-corrected chi connectivity index (χ3v) is 6.34. The molecule has 2 aliphatic heterocycles. The molecule has 3 aromatic rings. The van der Waals surface area contributed by atoms with Gasteiger partial charge in [-0.2, -0.15) is 18.2 Å². The number of ether oxygens (including phenoxy) is 1. The topological polar surface area (TPSA) is 69.7 Å². The molecule has 1 N–H and O–H groups in total. The fraction of sp³-hybridized carbons (Fsp3) is 0.400. The number of halogens is 3. The van der Waals surface area contributed by atoms with Crippen LogP contribution in [0, 0.1) is 0 Å². The summed E-state index contributed by atoms with van der Waals surface area (Å²) >= 11 is 0. The van der Waals surface area contributed by atoms with Gasteiger partial charge in [-0.15, -0.1) is 0 Å². The number of pyridine rings is 1. The number of hydrogen-bond donors (Lipinski definition) is 1. The molecule has 0 aliphatic carbocycles. The summed E-state index contributed by atoms with van der Waals surface area (Å²) in [6, 6.07) is 12.5. The van der Waals surface area contributed by atoms with Crippen molar-refractivity contribution in [2.24, 2.45) is 0 Å². The van der Waals surface area contributed by atoms with Gasteiger partial charge in [0.25, 0.3) is 0 Å². The van der Waals surface area contributed by atoms with Crippen molar-refractivity contribution in [3.8, 4) is 11.3 Å². The first kappa shape index (κ1) is 24.3. The molecule has 0 saturated carbocycles. The van der Waals surface area contributed by atoms with Crippen LogP contribution in [-0.4, -0.2) is 61.0 Å². The first-order valence-electron chi connectivity index (χ1n) is 12.0. The van der Waals surface area contributed by atoms with Crippen LogP contribution in [0.15, 0.2) is 48.7 Å². The third-order valence-electron chi connectivity index (χ3n) is 6.34. The molecule has 36 heavy (non-hydrogen) atoms. The second-order valence-electron chi connectivity index (χ2n) is 8.67. The number of benzene rings is 1. The van der Waals surface area contributed by atoms with Crippen molar-refractivity contribution in [3.63, 3.8) is 0 Å². The lowest BCUT2D eigenvalue weighted by atomic mass is 10.1. The van der Waals surface area contributed by atoms with E-state index in [1.54, 1.807) is 4.90 Å². The van der Waals surface area contributed by atoms with Crippen LogP contribution in [-0.2, 0) is 17.3 Å². The summed E-state index contributed by atoms with van der Waals surface area (Å²) in [4.78, 5) is 17.4. The maximum atomic E-state index is 13.5. The first-order chi connectivity index (χ1) is 17.4. The zero-order valence-corrected chi connectivity index (χ0v) is 20.0. The van der Waals surface area contributed by atoms with Gasteiger partial charge in [-0.3, -0.25) is 5.01 Å². The standard InChI is InChI=1S/C25H28F3N7O/c1-2-18-5-3-6-19(15-18)21-16-22(32-24(31-21)33-11-13-36-14-12-33)35-10-9-34(17-30-35)23-20(25(26,27)28)7-4-8-29-23/h3-8,15-16,30H,2,9-14,17H2,1H3. The zero-order chi connectivity index (χ0) is 25.1. The SMILES string of the molecule is CCc1cccc(-c2cc(N3CCN(c4ncccc4C(F)(F)F)CN3)nc(N3CCOCC3)n2)c1. The molecular formula is C25H28F3N7O. The normalized spacial score (nSPS) is 16.9. The minimum absolute atomic E-state index is 0.0779. The molecule has 2 fully saturated rings. The minimum Gasteiger partial charge on any atom is -0.378 e. The van der Waals surface area contributed by atoms with Gasteiger partial charge in [0.05, 0.1) is 37.7 Å². The molecule has 1 aromatic carbocycles. The van der Waals surface area contributed by atoms with E-state index in [-0.39, 0.29) is 12.5 Å². The van der Waals surface area contributed by atoms with Gasteiger partial charge >= 0.3 is 6.18 Å². The summed E-state index contributed by atoms with van der Waals surface area (Å²) in [5, 5.41) is 1.87. The summed E-state index contributed by atoms with van der Waals surface area (Å²) in [5.41, 5.74) is 5.47. The highest BCUT2D eigenvalue weighted by atomic mass is 19.4. The molecular weight excluding hydrogens is 471 g/mol. The number of alkyl halides is 3. The van der Waals surface area contributed by atoms with Gasteiger partial charge in [-0.1, -0.05) is 25.1 Å². The minimum atomic E-state index is -4.47. The Balaban J connectivity index is 1.42. The maximum Gasteiger partial charge on any atom is 0.419 e. The number of anilines is 3. The number of hydrogen-bond acceptors (Lipinski definition) is 8. The van der Waals surface area contributed by atoms with Gasteiger partial charge in [-0.25, -0.2) is 15.4 Å². The summed E-state index contributed by atoms with van der Waals surface area (Å²) in [6.07, 6.45) is -2.17. The van der Waals surface area contributed by atoms with Crippen molar-refractivity contribution in [2.75, 3.05) is 60.9 Å². The summed E-state index contributed by atoms with van der Waals surface area (Å²) in [7, 11) is 0. The number of hydrazine groups is 1. The number of morpholine rings is 1. The highest BCUT2D eigenvalue weighted by Gasteiger charge is 2.36. The van der Waals surface area contributed by atoms with Crippen LogP contribution in [0.3, 0.4) is 0 Å². The van der Waals surface area contributed by atoms with Crippen LogP contribution in [0.5, 0.6) is 0 Å². The molecule has 0 spiro atoms. The average Bonchev–Trinajstić information content (AvgIpc) is 2.93. The number of nitrogens with zero attached hydrogens (tertiary/aromatic N) is 6. The van der Waals surface area contributed by atoms with E-state index < -0.39 is 11.7 Å². The smallest absolute Gasteiger partial charge is 0.378 e. The van der Waals surface area contributed by atoms with Crippen LogP contribution in [0.4, 0.5) is 30.8 Å². The molecule has 2 saturated heterocycles. The summed E-state index contributed by atoms with van der Waals surface area (Å²) in [5.74, 6) is 1.20. The van der Waals surface area contributed by atoms with E-state index in [9.17, 15) is 13.2 Å². The quantitative estimate of drug-likeness (QED) is 0.570. The predicted molar refractivity (Wildman–Crippen MR) is 132 cm³/mol. The zero-order valence-electron chi connectivity index (χ0n) is 20.0. The van der Waals surface area contributed by atoms with E-state index in [1.165, 1.54) is 17.8 Å². The number of rotatable bonds is 5. The summed E-state index contributed by atoms with van der Waals surface area (Å²) in [6.45, 7) is 5.65. The lowest BCUT2D eigenvalue weighted by molar-refractivity contribution is -0.137. The van der Waals surface area contributed by atoms with E-state index in [0.717, 1.165) is 23.7 Å². The van der Waals surface area contributed by atoms with Crippen molar-refractivity contribution >= 4 is 17.6 Å². The van der Waals surface area contributed by atoms with Gasteiger partial charge in [0.2, 0.25) is 5.95 Å². The summed E-state index contributed by atoms with van der Waals surface area (Å²) < 4.78 is 46.0. The Hall–Kier alpha value is -3.44. The molecule has 0 bridgehead atoms. The number of aryl methyl sites for hydroxylation is 1. The van der Waals surface area contributed by atoms with Crippen LogP contribution in [0.25, 0.3) is 11.3 Å². The van der Waals surface area contributed by atoms with Gasteiger partial charge in [0, 0.05) is 37.5 Å². The van der Waals surface area contributed by atoms with E-state index in [1.807, 2.05) is 23.2 Å². The molecule has 11 heteroatoms. The molecule has 190 valence electrons. The van der Waals surface area contributed by atoms with Gasteiger partial charge in [-0.05, 0) is 30.2 Å². The predicted octanol–water partition coefficient (Wildman–Crippen LogP) is 3.75. The van der Waals surface area contributed by atoms with Crippen LogP contribution >= 0.6 is 0 Å². The highest BCUT2D eigenvalue weighted by molar-refractivity contribution is 5.66. The molecule has 0 unspecified atom stereocenters. The molecule has 8 nitrogen and oxygen atoms in total. The molecule has 2 aromatic heterocycles. The molecule has 5 rings (SSSR count). The molecule has 0 amide bonds. The molecule has 0 radical (unpaired) electrons. The number of nitrogens with one attached hydrogen (secondary N) is 1. The molecule has 2 aliphatic rings. The lowest BCUT2D eigenvalue weighted by Gasteiger charge is -2.38. The fourth-order valence-corrected chi connectivity index (χ4v) is 4.36. The van der Waals surface area contributed by atoms with Crippen molar-refractivity contribution in [3.05, 3.63) is 59.8 Å². The van der Waals surface area contributed by atoms with Crippen molar-refractivity contribution in [1.82, 2.24) is 20.4 Å². The largest absolute Gasteiger partial charge is 0.419 e. The lowest BCUT2D eigenvalue weighted by Crippen LogP contribution is -2.55. The Morgan fingerprint density at radius 1 is 0.972 bits per heavy atom. The Labute approximate surface area is 207 Å². The fourth-order valence-electron chi connectivity index (χ4n) is 4.36. The van der Waals surface area contributed by atoms with Crippen molar-refractivity contribution in [2.45, 2.75) is 19.5 Å².